The van der Waals surface area contributed by atoms with E-state index in [0.717, 1.165) is 37.7 Å². The van der Waals surface area contributed by atoms with Gasteiger partial charge in [0, 0.05) is 20.8 Å². The summed E-state index contributed by atoms with van der Waals surface area (Å²) in [5.74, 6) is -3.12. The van der Waals surface area contributed by atoms with Crippen LogP contribution >= 0.6 is 0 Å². The van der Waals surface area contributed by atoms with Gasteiger partial charge in [-0.3, -0.25) is 14.4 Å². The molecule has 1 aliphatic rings. The molecule has 0 N–H and O–H groups in total. The van der Waals surface area contributed by atoms with Crippen molar-refractivity contribution in [2.24, 2.45) is 0 Å². The first-order valence-corrected chi connectivity index (χ1v) is 8.06. The lowest BCUT2D eigenvalue weighted by molar-refractivity contribution is -0.400. The number of ether oxygens (including phenoxy) is 4. The van der Waals surface area contributed by atoms with E-state index in [1.165, 1.54) is 0 Å². The van der Waals surface area contributed by atoms with Crippen LogP contribution in [0.1, 0.15) is 27.0 Å². The smallest absolute Gasteiger partial charge is 0.436 e. The highest BCUT2D eigenvalue weighted by molar-refractivity contribution is 5.67. The largest absolute Gasteiger partial charge is 0.463 e. The third-order valence-electron chi connectivity index (χ3n) is 3.73. The standard InChI is InChI=1S/C15H18FN3O9/c1-7(20)25-6-10-11(16)12(26-8(2)21)13(27-9(3)22)14(28-10)18-5-4-17-15(18)19(23)24/h4-5,10-14H,6H2,1-3H3/t10?,11-,12?,13?,14-/m1/s1. The van der Waals surface area contributed by atoms with Gasteiger partial charge in [-0.1, -0.05) is 4.98 Å². The summed E-state index contributed by atoms with van der Waals surface area (Å²) in [4.78, 5) is 48.0. The molecule has 154 valence electrons. The Kier molecular flexibility index (Phi) is 6.62. The fraction of sp³-hybridized carbons (Fsp3) is 0.600. The maximum Gasteiger partial charge on any atom is 0.436 e. The van der Waals surface area contributed by atoms with Gasteiger partial charge in [-0.25, -0.2) is 4.39 Å². The number of esters is 3. The fourth-order valence-corrected chi connectivity index (χ4v) is 2.73. The van der Waals surface area contributed by atoms with E-state index in [-0.39, 0.29) is 0 Å². The van der Waals surface area contributed by atoms with Gasteiger partial charge in [-0.2, -0.15) is 4.57 Å². The highest BCUT2D eigenvalue weighted by Crippen LogP contribution is 2.36. The van der Waals surface area contributed by atoms with E-state index in [2.05, 4.69) is 4.98 Å². The van der Waals surface area contributed by atoms with E-state index in [9.17, 15) is 28.9 Å². The van der Waals surface area contributed by atoms with Crippen molar-refractivity contribution in [2.75, 3.05) is 6.61 Å². The Labute approximate surface area is 157 Å². The van der Waals surface area contributed by atoms with Crippen LogP contribution in [0.4, 0.5) is 10.3 Å². The van der Waals surface area contributed by atoms with E-state index in [0.29, 0.717) is 0 Å². The molecule has 0 aliphatic carbocycles. The lowest BCUT2D eigenvalue weighted by Crippen LogP contribution is -2.57. The second kappa shape index (κ2) is 8.73. The molecule has 1 aromatic heterocycles. The second-order valence-electron chi connectivity index (χ2n) is 5.85. The molecule has 28 heavy (non-hydrogen) atoms. The summed E-state index contributed by atoms with van der Waals surface area (Å²) in [5.41, 5.74) is 0. The molecule has 2 heterocycles. The van der Waals surface area contributed by atoms with Gasteiger partial charge in [0.15, 0.2) is 12.3 Å². The Hall–Kier alpha value is -3.09. The van der Waals surface area contributed by atoms with Crippen LogP contribution in [-0.4, -0.2) is 63.5 Å². The average molecular weight is 403 g/mol. The van der Waals surface area contributed by atoms with Gasteiger partial charge in [0.2, 0.25) is 12.3 Å². The Bertz CT molecular complexity index is 768. The average Bonchev–Trinajstić information content (AvgIpc) is 3.06. The zero-order valence-corrected chi connectivity index (χ0v) is 15.1. The molecule has 13 heteroatoms. The van der Waals surface area contributed by atoms with Gasteiger partial charge < -0.3 is 29.1 Å². The van der Waals surface area contributed by atoms with Gasteiger partial charge >= 0.3 is 23.9 Å². The van der Waals surface area contributed by atoms with E-state index in [1.54, 1.807) is 0 Å². The van der Waals surface area contributed by atoms with E-state index < -0.39 is 66.1 Å². The summed E-state index contributed by atoms with van der Waals surface area (Å²) >= 11 is 0. The molecule has 0 bridgehead atoms. The topological polar surface area (TPSA) is 149 Å². The van der Waals surface area contributed by atoms with Gasteiger partial charge in [0.1, 0.15) is 25.1 Å². The summed E-state index contributed by atoms with van der Waals surface area (Å²) in [6.45, 7) is 2.59. The van der Waals surface area contributed by atoms with Gasteiger partial charge in [-0.15, -0.1) is 0 Å². The van der Waals surface area contributed by atoms with Gasteiger partial charge in [0.05, 0.1) is 0 Å². The Morgan fingerprint density at radius 3 is 2.36 bits per heavy atom. The molecule has 1 aromatic rings. The van der Waals surface area contributed by atoms with E-state index in [4.69, 9.17) is 18.9 Å². The Morgan fingerprint density at radius 1 is 1.21 bits per heavy atom. The van der Waals surface area contributed by atoms with Crippen molar-refractivity contribution in [1.29, 1.82) is 0 Å². The van der Waals surface area contributed by atoms with Crippen molar-refractivity contribution in [3.63, 3.8) is 0 Å². The number of nitrogens with zero attached hydrogens (tertiary/aromatic N) is 3. The van der Waals surface area contributed by atoms with Crippen molar-refractivity contribution in [3.8, 4) is 0 Å². The van der Waals surface area contributed by atoms with Crippen LogP contribution in [0.25, 0.3) is 0 Å². The van der Waals surface area contributed by atoms with Crippen LogP contribution in [0, 0.1) is 10.1 Å². The predicted molar refractivity (Wildman–Crippen MR) is 85.4 cm³/mol. The van der Waals surface area contributed by atoms with Crippen LogP contribution in [0.5, 0.6) is 0 Å². The summed E-state index contributed by atoms with van der Waals surface area (Å²) in [7, 11) is 0. The number of imidazole rings is 1. The second-order valence-corrected chi connectivity index (χ2v) is 5.85. The molecular formula is C15H18FN3O9. The van der Waals surface area contributed by atoms with Crippen LogP contribution in [0.15, 0.2) is 12.4 Å². The monoisotopic (exact) mass is 403 g/mol. The minimum Gasteiger partial charge on any atom is -0.463 e. The maximum atomic E-state index is 15.0. The minimum absolute atomic E-state index is 0.556. The van der Waals surface area contributed by atoms with Crippen LogP contribution < -0.4 is 0 Å². The molecule has 1 aliphatic heterocycles. The summed E-state index contributed by atoms with van der Waals surface area (Å²) < 4.78 is 36.1. The molecule has 5 atom stereocenters. The number of halogens is 1. The third kappa shape index (κ3) is 4.79. The van der Waals surface area contributed by atoms with Crippen molar-refractivity contribution >= 4 is 23.9 Å². The molecule has 1 fully saturated rings. The molecule has 12 nitrogen and oxygen atoms in total. The molecule has 0 aromatic carbocycles. The molecule has 2 rings (SSSR count). The summed E-state index contributed by atoms with van der Waals surface area (Å²) in [6, 6.07) is 0. The molecule has 3 unspecified atom stereocenters. The predicted octanol–water partition coefficient (Wildman–Crippen LogP) is 0.453. The van der Waals surface area contributed by atoms with E-state index >= 15 is 0 Å². The number of carbonyl (C=O) groups is 3. The molecule has 0 amide bonds. The number of carbonyl (C=O) groups excluding carboxylic acids is 3. The number of hydrogen-bond acceptors (Lipinski definition) is 10. The van der Waals surface area contributed by atoms with Crippen molar-refractivity contribution in [2.45, 2.75) is 51.5 Å². The van der Waals surface area contributed by atoms with Gasteiger partial charge in [-0.05, 0) is 4.92 Å². The Morgan fingerprint density at radius 2 is 1.82 bits per heavy atom. The lowest BCUT2D eigenvalue weighted by Gasteiger charge is -2.41. The number of nitro groups is 1. The zero-order chi connectivity index (χ0) is 21.0. The first-order chi connectivity index (χ1) is 13.1. The van der Waals surface area contributed by atoms with Gasteiger partial charge in [0.25, 0.3) is 0 Å². The SMILES string of the molecule is CC(=O)OCC1O[C@@H](n2ccnc2[N+](=O)[O-])C(OC(C)=O)C(OC(C)=O)[C@@H]1F. The highest BCUT2D eigenvalue weighted by atomic mass is 19.1. The zero-order valence-electron chi connectivity index (χ0n) is 15.1. The molecule has 1 saturated heterocycles. The third-order valence-corrected chi connectivity index (χ3v) is 3.73. The van der Waals surface area contributed by atoms with Crippen molar-refractivity contribution in [1.82, 2.24) is 9.55 Å². The maximum absolute atomic E-state index is 15.0. The van der Waals surface area contributed by atoms with E-state index in [1.807, 2.05) is 0 Å². The summed E-state index contributed by atoms with van der Waals surface area (Å²) in [6.07, 6.45) is -5.94. The quantitative estimate of drug-likeness (QED) is 0.283. The number of aromatic nitrogens is 2. The van der Waals surface area contributed by atoms with Crippen LogP contribution in [-0.2, 0) is 33.3 Å². The first-order valence-electron chi connectivity index (χ1n) is 8.06. The minimum atomic E-state index is -2.05. The number of alkyl halides is 1. The lowest BCUT2D eigenvalue weighted by atomic mass is 9.98. The van der Waals surface area contributed by atoms with Crippen LogP contribution in [0.2, 0.25) is 0 Å². The molecule has 0 spiro atoms. The van der Waals surface area contributed by atoms with Crippen molar-refractivity contribution < 1.29 is 42.6 Å². The first kappa shape index (κ1) is 21.2. The summed E-state index contributed by atoms with van der Waals surface area (Å²) in [5, 5.41) is 11.2. The number of rotatable bonds is 6. The fourth-order valence-electron chi connectivity index (χ4n) is 2.73. The normalized spacial score (nSPS) is 26.9. The number of hydrogen-bond donors (Lipinski definition) is 0. The van der Waals surface area contributed by atoms with Crippen molar-refractivity contribution in [3.05, 3.63) is 22.5 Å². The molecular weight excluding hydrogens is 385 g/mol. The Balaban J connectivity index is 2.47. The van der Waals surface area contributed by atoms with Crippen LogP contribution in [0.3, 0.4) is 0 Å². The molecule has 0 radical (unpaired) electrons. The molecule has 0 saturated carbocycles. The highest BCUT2D eigenvalue weighted by Gasteiger charge is 2.53.